The lowest BCUT2D eigenvalue weighted by Crippen LogP contribution is -2.47. The Labute approximate surface area is 108 Å². The van der Waals surface area contributed by atoms with E-state index in [2.05, 4.69) is 0 Å². The van der Waals surface area contributed by atoms with Gasteiger partial charge in [0.15, 0.2) is 0 Å². The van der Waals surface area contributed by atoms with Gasteiger partial charge in [-0.2, -0.15) is 13.2 Å². The lowest BCUT2D eigenvalue weighted by atomic mass is 9.88. The van der Waals surface area contributed by atoms with Crippen molar-refractivity contribution in [3.05, 3.63) is 28.8 Å². The molecular formula is C13H13F3O3. The molecule has 6 heteroatoms. The molecule has 0 bridgehead atoms. The van der Waals surface area contributed by atoms with E-state index in [1.807, 2.05) is 6.92 Å². The summed E-state index contributed by atoms with van der Waals surface area (Å²) < 4.78 is 43.4. The number of hydrogen-bond donors (Lipinski definition) is 1. The van der Waals surface area contributed by atoms with Crippen molar-refractivity contribution >= 4 is 5.97 Å². The molecule has 1 aromatic rings. The molecule has 104 valence electrons. The fraction of sp³-hybridized carbons (Fsp3) is 0.462. The van der Waals surface area contributed by atoms with E-state index in [-0.39, 0.29) is 12.2 Å². The number of carboxylic acids is 1. The summed E-state index contributed by atoms with van der Waals surface area (Å²) in [6, 6.07) is 3.22. The summed E-state index contributed by atoms with van der Waals surface area (Å²) in [6.45, 7) is 3.59. The smallest absolute Gasteiger partial charge is 0.426 e. The molecule has 0 saturated heterocycles. The first kappa shape index (κ1) is 13.7. The van der Waals surface area contributed by atoms with Crippen molar-refractivity contribution in [2.45, 2.75) is 32.5 Å². The van der Waals surface area contributed by atoms with Crippen LogP contribution in [-0.2, 0) is 11.2 Å². The summed E-state index contributed by atoms with van der Waals surface area (Å²) in [4.78, 5) is 11.0. The minimum absolute atomic E-state index is 0.128. The summed E-state index contributed by atoms with van der Waals surface area (Å²) in [6.07, 6.45) is -7.16. The van der Waals surface area contributed by atoms with E-state index in [9.17, 15) is 18.0 Å². The van der Waals surface area contributed by atoms with Crippen LogP contribution in [0.1, 0.15) is 16.7 Å². The quantitative estimate of drug-likeness (QED) is 0.856. The van der Waals surface area contributed by atoms with Crippen molar-refractivity contribution in [3.63, 3.8) is 0 Å². The Morgan fingerprint density at radius 1 is 1.32 bits per heavy atom. The van der Waals surface area contributed by atoms with Crippen LogP contribution in [-0.4, -0.2) is 23.4 Å². The molecule has 0 aromatic heterocycles. The van der Waals surface area contributed by atoms with E-state index >= 15 is 0 Å². The number of aryl methyl sites for hydroxylation is 2. The molecule has 19 heavy (non-hydrogen) atoms. The van der Waals surface area contributed by atoms with Crippen LogP contribution >= 0.6 is 0 Å². The van der Waals surface area contributed by atoms with E-state index in [1.165, 1.54) is 6.07 Å². The van der Waals surface area contributed by atoms with E-state index in [1.54, 1.807) is 13.0 Å². The molecule has 2 rings (SSSR count). The van der Waals surface area contributed by atoms with Crippen molar-refractivity contribution in [2.75, 3.05) is 0 Å². The number of carbonyl (C=O) groups is 1. The number of rotatable bonds is 1. The lowest BCUT2D eigenvalue weighted by Gasteiger charge is -2.32. The zero-order valence-electron chi connectivity index (χ0n) is 10.4. The van der Waals surface area contributed by atoms with Gasteiger partial charge in [-0.3, -0.25) is 4.79 Å². The van der Waals surface area contributed by atoms with Crippen LogP contribution < -0.4 is 4.74 Å². The molecule has 0 unspecified atom stereocenters. The monoisotopic (exact) mass is 274 g/mol. The first-order valence-electron chi connectivity index (χ1n) is 5.76. The second-order valence-corrected chi connectivity index (χ2v) is 4.77. The maximum Gasteiger partial charge on any atom is 0.426 e. The summed E-state index contributed by atoms with van der Waals surface area (Å²) in [5.74, 6) is -2.97. The Balaban J connectivity index is 2.45. The summed E-state index contributed by atoms with van der Waals surface area (Å²) in [5, 5.41) is 8.94. The first-order valence-corrected chi connectivity index (χ1v) is 5.76. The third-order valence-corrected chi connectivity index (χ3v) is 3.38. The second-order valence-electron chi connectivity index (χ2n) is 4.77. The molecule has 1 heterocycles. The van der Waals surface area contributed by atoms with Gasteiger partial charge in [0.1, 0.15) is 11.7 Å². The van der Waals surface area contributed by atoms with E-state index in [4.69, 9.17) is 9.84 Å². The van der Waals surface area contributed by atoms with Gasteiger partial charge < -0.3 is 9.84 Å². The number of aliphatic carboxylic acids is 1. The van der Waals surface area contributed by atoms with Gasteiger partial charge in [-0.1, -0.05) is 6.07 Å². The first-order chi connectivity index (χ1) is 8.70. The summed E-state index contributed by atoms with van der Waals surface area (Å²) >= 11 is 0. The Bertz CT molecular complexity index is 523. The van der Waals surface area contributed by atoms with Crippen LogP contribution in [0, 0.1) is 19.8 Å². The average molecular weight is 274 g/mol. The summed E-state index contributed by atoms with van der Waals surface area (Å²) in [7, 11) is 0. The molecule has 0 radical (unpaired) electrons. The van der Waals surface area contributed by atoms with Crippen LogP contribution in [0.5, 0.6) is 5.75 Å². The molecule has 0 amide bonds. The summed E-state index contributed by atoms with van der Waals surface area (Å²) in [5.41, 5.74) is 2.22. The molecule has 0 spiro atoms. The third-order valence-electron chi connectivity index (χ3n) is 3.38. The standard InChI is InChI=1S/C13H13F3O3/c1-6-3-8-5-9(12(17)18)11(13(14,15)16)19-10(8)4-7(6)2/h3-4,9,11H,5H2,1-2H3,(H,17,18)/t9-,11-/m0/s1. The topological polar surface area (TPSA) is 46.5 Å². The highest BCUT2D eigenvalue weighted by Gasteiger charge is 2.52. The number of halogens is 3. The van der Waals surface area contributed by atoms with Crippen molar-refractivity contribution < 1.29 is 27.8 Å². The number of ether oxygens (including phenoxy) is 1. The molecule has 2 atom stereocenters. The Hall–Kier alpha value is -1.72. The van der Waals surface area contributed by atoms with E-state index < -0.39 is 24.2 Å². The second kappa shape index (κ2) is 4.43. The molecule has 1 N–H and O–H groups in total. The molecule has 0 aliphatic carbocycles. The van der Waals surface area contributed by atoms with E-state index in [0.29, 0.717) is 5.56 Å². The highest BCUT2D eigenvalue weighted by molar-refractivity contribution is 5.72. The number of carboxylic acid groups (broad SMARTS) is 1. The van der Waals surface area contributed by atoms with Gasteiger partial charge in [-0.25, -0.2) is 0 Å². The molecular weight excluding hydrogens is 261 g/mol. The molecule has 0 fully saturated rings. The zero-order valence-corrected chi connectivity index (χ0v) is 10.4. The van der Waals surface area contributed by atoms with Gasteiger partial charge in [0.2, 0.25) is 6.10 Å². The number of hydrogen-bond acceptors (Lipinski definition) is 2. The molecule has 1 aliphatic rings. The highest BCUT2D eigenvalue weighted by atomic mass is 19.4. The fourth-order valence-corrected chi connectivity index (χ4v) is 2.19. The Morgan fingerprint density at radius 3 is 2.42 bits per heavy atom. The SMILES string of the molecule is Cc1cc2c(cc1C)O[C@H](C(F)(F)F)[C@@H](C(=O)O)C2. The van der Waals surface area contributed by atoms with Crippen LogP contribution in [0.2, 0.25) is 0 Å². The zero-order chi connectivity index (χ0) is 14.4. The molecule has 1 aliphatic heterocycles. The molecule has 3 nitrogen and oxygen atoms in total. The number of benzene rings is 1. The fourth-order valence-electron chi connectivity index (χ4n) is 2.19. The van der Waals surface area contributed by atoms with Crippen LogP contribution in [0.3, 0.4) is 0 Å². The van der Waals surface area contributed by atoms with Gasteiger partial charge >= 0.3 is 12.1 Å². The van der Waals surface area contributed by atoms with Gasteiger partial charge in [0, 0.05) is 0 Å². The third kappa shape index (κ3) is 2.52. The molecule has 1 aromatic carbocycles. The van der Waals surface area contributed by atoms with Crippen molar-refractivity contribution in [1.82, 2.24) is 0 Å². The maximum atomic E-state index is 12.8. The van der Waals surface area contributed by atoms with Crippen molar-refractivity contribution in [3.8, 4) is 5.75 Å². The van der Waals surface area contributed by atoms with Crippen molar-refractivity contribution in [2.24, 2.45) is 5.92 Å². The average Bonchev–Trinajstić information content (AvgIpc) is 2.27. The minimum Gasteiger partial charge on any atom is -0.481 e. The highest BCUT2D eigenvalue weighted by Crippen LogP contribution is 2.39. The predicted molar refractivity (Wildman–Crippen MR) is 61.2 cm³/mol. The van der Waals surface area contributed by atoms with Crippen LogP contribution in [0.15, 0.2) is 12.1 Å². The Kier molecular flexibility index (Phi) is 3.20. The van der Waals surface area contributed by atoms with Gasteiger partial charge in [-0.15, -0.1) is 0 Å². The largest absolute Gasteiger partial charge is 0.481 e. The van der Waals surface area contributed by atoms with Gasteiger partial charge in [0.25, 0.3) is 0 Å². The number of fused-ring (bicyclic) bond motifs is 1. The minimum atomic E-state index is -4.69. The van der Waals surface area contributed by atoms with E-state index in [0.717, 1.165) is 11.1 Å². The predicted octanol–water partition coefficient (Wildman–Crippen LogP) is 2.87. The normalized spacial score (nSPS) is 22.6. The van der Waals surface area contributed by atoms with Gasteiger partial charge in [-0.05, 0) is 43.0 Å². The Morgan fingerprint density at radius 2 is 1.89 bits per heavy atom. The number of alkyl halides is 3. The lowest BCUT2D eigenvalue weighted by molar-refractivity contribution is -0.217. The van der Waals surface area contributed by atoms with Crippen LogP contribution in [0.4, 0.5) is 13.2 Å². The van der Waals surface area contributed by atoms with Crippen molar-refractivity contribution in [1.29, 1.82) is 0 Å². The molecule has 0 saturated carbocycles. The maximum absolute atomic E-state index is 12.8. The van der Waals surface area contributed by atoms with Crippen LogP contribution in [0.25, 0.3) is 0 Å². The van der Waals surface area contributed by atoms with Gasteiger partial charge in [0.05, 0.1) is 0 Å².